The summed E-state index contributed by atoms with van der Waals surface area (Å²) in [5.74, 6) is 0. The zero-order valence-electron chi connectivity index (χ0n) is 5.48. The molecule has 0 atom stereocenters. The third kappa shape index (κ3) is 1.70. The summed E-state index contributed by atoms with van der Waals surface area (Å²) in [4.78, 5) is 0. The molecule has 0 amide bonds. The topological polar surface area (TPSA) is 15.3 Å². The molecule has 0 aliphatic carbocycles. The van der Waals surface area contributed by atoms with E-state index >= 15 is 0 Å². The molecule has 1 rings (SSSR count). The van der Waals surface area contributed by atoms with Gasteiger partial charge in [0.15, 0.2) is 19.7 Å². The Morgan fingerprint density at radius 1 is 1.50 bits per heavy atom. The van der Waals surface area contributed by atoms with Gasteiger partial charge in [-0.1, -0.05) is 13.3 Å². The fourth-order valence-electron chi connectivity index (χ4n) is 0.810. The molecule has 0 bridgehead atoms. The third-order valence-corrected chi connectivity index (χ3v) is 6.16. The van der Waals surface area contributed by atoms with Crippen molar-refractivity contribution in [1.29, 1.82) is 0 Å². The number of nitrogens with zero attached hydrogens (tertiary/aromatic N) is 1. The van der Waals surface area contributed by atoms with Crippen molar-refractivity contribution in [2.24, 2.45) is 0 Å². The van der Waals surface area contributed by atoms with Crippen molar-refractivity contribution < 1.29 is 0 Å². The molecule has 0 unspecified atom stereocenters. The van der Waals surface area contributed by atoms with Gasteiger partial charge in [-0.25, -0.2) is 0 Å². The van der Waals surface area contributed by atoms with Gasteiger partial charge in [0.25, 0.3) is 0 Å². The summed E-state index contributed by atoms with van der Waals surface area (Å²) < 4.78 is 6.16. The van der Waals surface area contributed by atoms with E-state index in [1.54, 1.807) is 0 Å². The lowest BCUT2D eigenvalue weighted by atomic mass is 10.3. The Bertz CT molecular complexity index is 65.1. The maximum absolute atomic E-state index is 3.47. The molecule has 0 aromatic carbocycles. The molecule has 4 heteroatoms. The van der Waals surface area contributed by atoms with Gasteiger partial charge in [0, 0.05) is 0 Å². The average Bonchev–Trinajstić information content (AvgIpc) is 1.63. The number of rotatable bonds is 3. The van der Waals surface area contributed by atoms with Crippen LogP contribution in [0.15, 0.2) is 0 Å². The first-order valence-corrected chi connectivity index (χ1v) is 6.04. The summed E-state index contributed by atoms with van der Waals surface area (Å²) in [6, 6.07) is 0. The molecule has 8 heavy (non-hydrogen) atoms. The van der Waals surface area contributed by atoms with Crippen molar-refractivity contribution in [3.05, 3.63) is 0 Å². The number of unbranched alkanes of at least 4 members (excludes halogenated alkanes) is 1. The number of hydrogen-bond donors (Lipinski definition) is 1. The van der Waals surface area contributed by atoms with E-state index in [-0.39, 0.29) is 19.7 Å². The molecular weight excluding hydrogens is 132 g/mol. The van der Waals surface area contributed by atoms with Crippen molar-refractivity contribution in [1.82, 2.24) is 8.88 Å². The van der Waals surface area contributed by atoms with E-state index in [2.05, 4.69) is 15.8 Å². The highest BCUT2D eigenvalue weighted by Gasteiger charge is 2.11. The smallest absolute Gasteiger partial charge is 0.158 e. The van der Waals surface area contributed by atoms with Crippen molar-refractivity contribution in [2.45, 2.75) is 19.8 Å². The zero-order valence-corrected chi connectivity index (χ0v) is 8.31. The molecular formula is C4H14N2Si2. The highest BCUT2D eigenvalue weighted by Crippen LogP contribution is 1.92. The second-order valence-corrected chi connectivity index (χ2v) is 7.63. The largest absolute Gasteiger partial charge is 0.346 e. The van der Waals surface area contributed by atoms with Crippen molar-refractivity contribution in [3.8, 4) is 0 Å². The fraction of sp³-hybridized carbons (Fsp3) is 1.00. The second kappa shape index (κ2) is 3.39. The molecule has 0 aromatic rings. The predicted octanol–water partition coefficient (Wildman–Crippen LogP) is -1.31. The van der Waals surface area contributed by atoms with Crippen LogP contribution < -0.4 is 4.65 Å². The minimum atomic E-state index is 0.144. The summed E-state index contributed by atoms with van der Waals surface area (Å²) in [6.45, 7) is 3.66. The quantitative estimate of drug-likeness (QED) is 0.497. The van der Waals surface area contributed by atoms with Crippen LogP contribution in [0.5, 0.6) is 0 Å². The van der Waals surface area contributed by atoms with Crippen LogP contribution in [-0.2, 0) is 0 Å². The van der Waals surface area contributed by atoms with Crippen LogP contribution in [0.3, 0.4) is 0 Å². The summed E-state index contributed by atoms with van der Waals surface area (Å²) >= 11 is 0. The van der Waals surface area contributed by atoms with Crippen LogP contribution in [-0.4, -0.2) is 30.5 Å². The van der Waals surface area contributed by atoms with E-state index in [9.17, 15) is 0 Å². The maximum atomic E-state index is 3.47. The molecule has 0 radical (unpaired) electrons. The SMILES string of the molecule is CCCCN1[SiH2]N[SiH2]1. The Labute approximate surface area is 55.6 Å². The lowest BCUT2D eigenvalue weighted by Crippen LogP contribution is -2.59. The van der Waals surface area contributed by atoms with E-state index in [0.717, 1.165) is 0 Å². The Kier molecular flexibility index (Phi) is 2.75. The third-order valence-electron chi connectivity index (χ3n) is 1.50. The lowest BCUT2D eigenvalue weighted by molar-refractivity contribution is 0.583. The molecule has 0 aromatic heterocycles. The standard InChI is InChI=1S/C4H14N2Si2/c1-2-3-4-6-7-5-8-6/h5H,2-4,7-8H2,1H3. The average molecular weight is 146 g/mol. The van der Waals surface area contributed by atoms with E-state index in [1.165, 1.54) is 19.4 Å². The molecule has 2 nitrogen and oxygen atoms in total. The van der Waals surface area contributed by atoms with E-state index in [1.807, 2.05) is 0 Å². The normalized spacial score (nSPS) is 26.6. The Hall–Kier alpha value is 0.354. The van der Waals surface area contributed by atoms with Crippen LogP contribution in [0.25, 0.3) is 0 Å². The second-order valence-electron chi connectivity index (χ2n) is 2.31. The first-order chi connectivity index (χ1) is 3.93. The fourth-order valence-corrected chi connectivity index (χ4v) is 3.73. The Morgan fingerprint density at radius 2 is 2.25 bits per heavy atom. The summed E-state index contributed by atoms with van der Waals surface area (Å²) in [5.41, 5.74) is 0. The van der Waals surface area contributed by atoms with Gasteiger partial charge in [-0.3, -0.25) is 0 Å². The molecule has 1 N–H and O–H groups in total. The van der Waals surface area contributed by atoms with Crippen LogP contribution in [0.1, 0.15) is 19.8 Å². The Morgan fingerprint density at radius 3 is 2.62 bits per heavy atom. The van der Waals surface area contributed by atoms with Gasteiger partial charge >= 0.3 is 0 Å². The van der Waals surface area contributed by atoms with Gasteiger partial charge < -0.3 is 8.88 Å². The van der Waals surface area contributed by atoms with Gasteiger partial charge in [0.2, 0.25) is 0 Å². The van der Waals surface area contributed by atoms with Crippen LogP contribution in [0, 0.1) is 0 Å². The van der Waals surface area contributed by atoms with E-state index < -0.39 is 0 Å². The van der Waals surface area contributed by atoms with Gasteiger partial charge in [-0.2, -0.15) is 0 Å². The first-order valence-electron chi connectivity index (χ1n) is 3.36. The van der Waals surface area contributed by atoms with Gasteiger partial charge in [-0.15, -0.1) is 0 Å². The summed E-state index contributed by atoms with van der Waals surface area (Å²) in [5, 5.41) is 0. The first kappa shape index (κ1) is 6.47. The Balaban J connectivity index is 1.86. The number of hydrogen-bond acceptors (Lipinski definition) is 2. The van der Waals surface area contributed by atoms with E-state index in [0.29, 0.717) is 0 Å². The van der Waals surface area contributed by atoms with Crippen LogP contribution >= 0.6 is 0 Å². The van der Waals surface area contributed by atoms with Gasteiger partial charge in [-0.05, 0) is 13.0 Å². The molecule has 0 spiro atoms. The monoisotopic (exact) mass is 146 g/mol. The highest BCUT2D eigenvalue weighted by atomic mass is 28.4. The molecule has 48 valence electrons. The number of nitrogens with one attached hydrogen (secondary N) is 1. The van der Waals surface area contributed by atoms with Gasteiger partial charge in [0.05, 0.1) is 0 Å². The summed E-state index contributed by atoms with van der Waals surface area (Å²) in [7, 11) is 0.287. The van der Waals surface area contributed by atoms with Gasteiger partial charge in [0.1, 0.15) is 0 Å². The molecule has 1 aliphatic heterocycles. The minimum absolute atomic E-state index is 0.144. The van der Waals surface area contributed by atoms with Crippen molar-refractivity contribution in [3.63, 3.8) is 0 Å². The van der Waals surface area contributed by atoms with E-state index in [4.69, 9.17) is 0 Å². The molecule has 1 heterocycles. The maximum Gasteiger partial charge on any atom is 0.158 e. The van der Waals surface area contributed by atoms with Crippen LogP contribution in [0.2, 0.25) is 0 Å². The van der Waals surface area contributed by atoms with Crippen molar-refractivity contribution >= 4 is 19.7 Å². The minimum Gasteiger partial charge on any atom is -0.346 e. The molecule has 0 saturated carbocycles. The molecule has 1 aliphatic rings. The molecule has 1 saturated heterocycles. The highest BCUT2D eigenvalue weighted by molar-refractivity contribution is 6.64. The lowest BCUT2D eigenvalue weighted by Gasteiger charge is -2.30. The zero-order chi connectivity index (χ0) is 5.82. The predicted molar refractivity (Wildman–Crippen MR) is 41.8 cm³/mol. The van der Waals surface area contributed by atoms with Crippen molar-refractivity contribution in [2.75, 3.05) is 6.54 Å². The molecule has 1 fully saturated rings. The van der Waals surface area contributed by atoms with Crippen LogP contribution in [0.4, 0.5) is 0 Å². The summed E-state index contributed by atoms with van der Waals surface area (Å²) in [6.07, 6.45) is 2.78.